The van der Waals surface area contributed by atoms with Crippen molar-refractivity contribution >= 4 is 11.9 Å². The van der Waals surface area contributed by atoms with Crippen molar-refractivity contribution in [2.45, 2.75) is 115 Å². The summed E-state index contributed by atoms with van der Waals surface area (Å²) in [4.78, 5) is 31.1. The average molecular weight is 615 g/mol. The third-order valence-corrected chi connectivity index (χ3v) is 11.4. The quantitative estimate of drug-likeness (QED) is 0.169. The molecule has 0 aromatic heterocycles. The number of nitrogens with zero attached hydrogens (tertiary/aromatic N) is 2. The number of benzene rings is 2. The standard InChI is InChI=1S/C38H50N2O5/c1-24(2)22-40(34(43)13-9-5-8-12-26-10-6-4-7-11-26)30-17-16-29-31-20-28-32(42)21-33(44-25(3)41)36-35(28)38(29,37(30)45-36)18-19-39(31)23-27-14-15-27/h4,6-7,10-11,21,24,27,29-31,37,42H,5,8-9,12-20,22-23H2,1-3H3/t29-,30+,31+,37-,38-/m0/s1. The fourth-order valence-corrected chi connectivity index (χ4v) is 9.45. The van der Waals surface area contributed by atoms with Gasteiger partial charge in [0, 0.05) is 55.1 Å². The molecular weight excluding hydrogens is 564 g/mol. The lowest BCUT2D eigenvalue weighted by Gasteiger charge is -2.60. The summed E-state index contributed by atoms with van der Waals surface area (Å²) >= 11 is 0. The number of aromatic hydroxyl groups is 1. The number of unbranched alkanes of at least 4 members (excludes halogenated alkanes) is 2. The molecule has 45 heavy (non-hydrogen) atoms. The van der Waals surface area contributed by atoms with Gasteiger partial charge in [0.05, 0.1) is 6.04 Å². The summed E-state index contributed by atoms with van der Waals surface area (Å²) in [6.45, 7) is 8.62. The molecule has 2 aromatic carbocycles. The number of aryl methyl sites for hydroxylation is 1. The van der Waals surface area contributed by atoms with Crippen LogP contribution >= 0.6 is 0 Å². The van der Waals surface area contributed by atoms with E-state index in [4.69, 9.17) is 9.47 Å². The Morgan fingerprint density at radius 3 is 2.64 bits per heavy atom. The number of phenolic OH excluding ortho intramolecular Hbond substituents is 1. The van der Waals surface area contributed by atoms with Gasteiger partial charge >= 0.3 is 5.97 Å². The molecule has 7 heteroatoms. The van der Waals surface area contributed by atoms with Crippen molar-refractivity contribution in [2.75, 3.05) is 19.6 Å². The number of carbonyl (C=O) groups excluding carboxylic acids is 2. The molecule has 2 saturated carbocycles. The van der Waals surface area contributed by atoms with Crippen LogP contribution in [-0.4, -0.2) is 64.6 Å². The number of piperidine rings is 1. The van der Waals surface area contributed by atoms with Crippen LogP contribution in [0.15, 0.2) is 36.4 Å². The molecule has 1 saturated heterocycles. The van der Waals surface area contributed by atoms with E-state index < -0.39 is 5.97 Å². The summed E-state index contributed by atoms with van der Waals surface area (Å²) in [5.41, 5.74) is 3.09. The fraction of sp³-hybridized carbons (Fsp3) is 0.632. The van der Waals surface area contributed by atoms with Gasteiger partial charge in [-0.3, -0.25) is 14.5 Å². The fourth-order valence-electron chi connectivity index (χ4n) is 9.45. The second kappa shape index (κ2) is 12.3. The van der Waals surface area contributed by atoms with Crippen molar-refractivity contribution in [3.05, 3.63) is 53.1 Å². The Kier molecular flexibility index (Phi) is 8.34. The van der Waals surface area contributed by atoms with Crippen molar-refractivity contribution < 1.29 is 24.2 Å². The van der Waals surface area contributed by atoms with Gasteiger partial charge in [0.2, 0.25) is 5.91 Å². The number of phenols is 1. The van der Waals surface area contributed by atoms with E-state index >= 15 is 0 Å². The first kappa shape index (κ1) is 30.6. The highest BCUT2D eigenvalue weighted by atomic mass is 16.6. The summed E-state index contributed by atoms with van der Waals surface area (Å²) < 4.78 is 12.7. The first-order valence-electron chi connectivity index (χ1n) is 17.6. The van der Waals surface area contributed by atoms with E-state index in [1.54, 1.807) is 6.07 Å². The minimum atomic E-state index is -0.425. The van der Waals surface area contributed by atoms with Gasteiger partial charge in [-0.1, -0.05) is 50.6 Å². The van der Waals surface area contributed by atoms with Gasteiger partial charge in [0.1, 0.15) is 11.9 Å². The first-order valence-corrected chi connectivity index (χ1v) is 17.6. The monoisotopic (exact) mass is 614 g/mol. The zero-order chi connectivity index (χ0) is 31.3. The van der Waals surface area contributed by atoms with E-state index in [0.29, 0.717) is 42.3 Å². The molecule has 7 rings (SSSR count). The summed E-state index contributed by atoms with van der Waals surface area (Å²) in [7, 11) is 0. The molecule has 1 spiro atoms. The van der Waals surface area contributed by atoms with E-state index in [-0.39, 0.29) is 29.2 Å². The van der Waals surface area contributed by atoms with Crippen LogP contribution in [0.25, 0.3) is 0 Å². The van der Waals surface area contributed by atoms with E-state index in [2.05, 4.69) is 54.0 Å². The van der Waals surface area contributed by atoms with Crippen molar-refractivity contribution in [1.82, 2.24) is 9.80 Å². The lowest BCUT2D eigenvalue weighted by Crippen LogP contribution is -2.69. The molecule has 0 radical (unpaired) electrons. The van der Waals surface area contributed by atoms with Gasteiger partial charge in [0.25, 0.3) is 0 Å². The van der Waals surface area contributed by atoms with Crippen LogP contribution in [0.4, 0.5) is 0 Å². The molecule has 1 N–H and O–H groups in total. The SMILES string of the molecule is CC(=O)Oc1cc(O)c2c3c1O[C@H]1[C@H](N(CC(C)C)C(=O)CCCCCc4ccccc4)CC[C@H]4[C@@H](C2)N(CC2CC2)CC[C@@]341. The number of likely N-dealkylation sites (tertiary alicyclic amines) is 1. The molecule has 2 aliphatic heterocycles. The van der Waals surface area contributed by atoms with E-state index in [0.717, 1.165) is 81.5 Å². The topological polar surface area (TPSA) is 79.3 Å². The number of carbonyl (C=O) groups is 2. The van der Waals surface area contributed by atoms with E-state index in [9.17, 15) is 14.7 Å². The van der Waals surface area contributed by atoms with E-state index in [1.807, 2.05) is 0 Å². The largest absolute Gasteiger partial charge is 0.508 e. The number of hydrogen-bond donors (Lipinski definition) is 1. The van der Waals surface area contributed by atoms with Gasteiger partial charge in [-0.05, 0) is 87.6 Å². The van der Waals surface area contributed by atoms with Crippen molar-refractivity contribution in [3.8, 4) is 17.2 Å². The maximum absolute atomic E-state index is 14.1. The second-order valence-electron chi connectivity index (χ2n) is 14.9. The Balaban J connectivity index is 1.17. The molecule has 0 unspecified atom stereocenters. The first-order chi connectivity index (χ1) is 21.8. The Labute approximate surface area is 268 Å². The molecule has 2 aromatic rings. The van der Waals surface area contributed by atoms with Crippen LogP contribution < -0.4 is 9.47 Å². The van der Waals surface area contributed by atoms with E-state index in [1.165, 1.54) is 25.3 Å². The predicted octanol–water partition coefficient (Wildman–Crippen LogP) is 6.42. The lowest BCUT2D eigenvalue weighted by atomic mass is 9.50. The maximum Gasteiger partial charge on any atom is 0.308 e. The van der Waals surface area contributed by atoms with Crippen molar-refractivity contribution in [3.63, 3.8) is 0 Å². The zero-order valence-electron chi connectivity index (χ0n) is 27.3. The number of ether oxygens (including phenoxy) is 2. The number of hydrogen-bond acceptors (Lipinski definition) is 6. The number of amides is 1. The van der Waals surface area contributed by atoms with Crippen LogP contribution in [-0.2, 0) is 27.8 Å². The summed E-state index contributed by atoms with van der Waals surface area (Å²) in [6, 6.07) is 12.5. The normalized spacial score (nSPS) is 28.0. The van der Waals surface area contributed by atoms with Crippen molar-refractivity contribution in [1.29, 1.82) is 0 Å². The van der Waals surface area contributed by atoms with Gasteiger partial charge in [-0.2, -0.15) is 0 Å². The maximum atomic E-state index is 14.1. The molecule has 2 heterocycles. The van der Waals surface area contributed by atoms with Crippen LogP contribution in [0.3, 0.4) is 0 Å². The second-order valence-corrected chi connectivity index (χ2v) is 14.9. The van der Waals surface area contributed by atoms with Crippen LogP contribution in [0.5, 0.6) is 17.2 Å². The molecule has 3 fully saturated rings. The molecule has 5 atom stereocenters. The average Bonchev–Trinajstić information content (AvgIpc) is 3.76. The highest BCUT2D eigenvalue weighted by molar-refractivity contribution is 5.77. The Bertz CT molecular complexity index is 1420. The highest BCUT2D eigenvalue weighted by Crippen LogP contribution is 2.66. The molecule has 5 aliphatic rings. The molecule has 1 amide bonds. The van der Waals surface area contributed by atoms with Crippen LogP contribution in [0, 0.1) is 17.8 Å². The minimum Gasteiger partial charge on any atom is -0.508 e. The summed E-state index contributed by atoms with van der Waals surface area (Å²) in [6.07, 6.45) is 10.7. The molecule has 7 nitrogen and oxygen atoms in total. The predicted molar refractivity (Wildman–Crippen MR) is 174 cm³/mol. The molecule has 242 valence electrons. The summed E-state index contributed by atoms with van der Waals surface area (Å²) in [5.74, 6) is 2.48. The van der Waals surface area contributed by atoms with Crippen LogP contribution in [0.1, 0.15) is 95.2 Å². The smallest absolute Gasteiger partial charge is 0.308 e. The lowest BCUT2D eigenvalue weighted by molar-refractivity contribution is -0.143. The Morgan fingerprint density at radius 2 is 1.91 bits per heavy atom. The minimum absolute atomic E-state index is 0.0539. The van der Waals surface area contributed by atoms with Gasteiger partial charge in [-0.15, -0.1) is 0 Å². The third-order valence-electron chi connectivity index (χ3n) is 11.4. The summed E-state index contributed by atoms with van der Waals surface area (Å²) in [5, 5.41) is 11.4. The van der Waals surface area contributed by atoms with Crippen molar-refractivity contribution in [2.24, 2.45) is 17.8 Å². The van der Waals surface area contributed by atoms with Gasteiger partial charge in [0.15, 0.2) is 11.5 Å². The molecule has 3 aliphatic carbocycles. The van der Waals surface area contributed by atoms with Crippen LogP contribution in [0.2, 0.25) is 0 Å². The highest BCUT2D eigenvalue weighted by Gasteiger charge is 2.67. The Morgan fingerprint density at radius 1 is 1.11 bits per heavy atom. The molecule has 2 bridgehead atoms. The van der Waals surface area contributed by atoms with Gasteiger partial charge < -0.3 is 19.5 Å². The van der Waals surface area contributed by atoms with Gasteiger partial charge in [-0.25, -0.2) is 0 Å². The number of rotatable bonds is 12. The number of esters is 1. The third kappa shape index (κ3) is 5.64. The zero-order valence-corrected chi connectivity index (χ0v) is 27.3. The Hall–Kier alpha value is -3.06. The molecular formula is C38H50N2O5.